The van der Waals surface area contributed by atoms with Gasteiger partial charge in [-0.05, 0) is 72.9 Å². The number of carbonyl (C=O) groups is 2. The normalized spacial score (nSPS) is 29.2. The Balaban J connectivity index is 1.43. The Labute approximate surface area is 218 Å². The summed E-state index contributed by atoms with van der Waals surface area (Å²) in [5.41, 5.74) is 11.3. The second-order valence-electron chi connectivity index (χ2n) is 11.2. The summed E-state index contributed by atoms with van der Waals surface area (Å²) >= 11 is 0. The maximum atomic E-state index is 13.6. The van der Waals surface area contributed by atoms with E-state index in [4.69, 9.17) is 15.5 Å². The van der Waals surface area contributed by atoms with E-state index in [1.807, 2.05) is 18.2 Å². The number of guanidine groups is 1. The standard InChI is InChI=1S/C30H36N4O3/c1-3-30-12-5-4-6-19-7-9-21-18(2)14-24(22(21)15-19)32-28(36)20-8-10-26-23(16-20)25(11-13-37-26)34(27(35)17-30)29(31)33-30/h7-10,15-16,18,24-25H,3-6,11-14,17H2,1-2H3,(H2,31,33)(H,32,36)/t18-,24-,25+,30+/m0/s1. The number of ether oxygens (including phenoxy) is 1. The maximum absolute atomic E-state index is 13.6. The fourth-order valence-corrected chi connectivity index (χ4v) is 6.77. The summed E-state index contributed by atoms with van der Waals surface area (Å²) in [5, 5.41) is 3.30. The molecule has 7 heteroatoms. The first-order valence-electron chi connectivity index (χ1n) is 13.8. The Morgan fingerprint density at radius 1 is 1.14 bits per heavy atom. The second-order valence-corrected chi connectivity index (χ2v) is 11.2. The molecule has 4 atom stereocenters. The van der Waals surface area contributed by atoms with Crippen LogP contribution < -0.4 is 15.8 Å². The van der Waals surface area contributed by atoms with Gasteiger partial charge in [0.25, 0.3) is 5.91 Å². The van der Waals surface area contributed by atoms with E-state index in [0.717, 1.165) is 44.1 Å². The lowest BCUT2D eigenvalue weighted by molar-refractivity contribution is -0.132. The minimum atomic E-state index is -0.447. The third kappa shape index (κ3) is 4.18. The SMILES string of the molecule is CC[C@@]12CCCCc3ccc4c(c3)[C@H](C[C@@H]4C)NC(=O)c3ccc4c(c3)[C@@H](CCO4)N(C(=O)C1)C(N)=N2. The number of hydrogen-bond donors (Lipinski definition) is 2. The molecule has 2 aromatic carbocycles. The zero-order valence-electron chi connectivity index (χ0n) is 21.8. The van der Waals surface area contributed by atoms with Crippen molar-refractivity contribution in [2.24, 2.45) is 10.7 Å². The first-order chi connectivity index (χ1) is 17.9. The molecule has 0 unspecified atom stereocenters. The fourth-order valence-electron chi connectivity index (χ4n) is 6.77. The molecule has 5 aliphatic rings. The molecule has 4 heterocycles. The van der Waals surface area contributed by atoms with Gasteiger partial charge in [-0.15, -0.1) is 0 Å². The van der Waals surface area contributed by atoms with Gasteiger partial charge in [0.1, 0.15) is 5.75 Å². The minimum Gasteiger partial charge on any atom is -0.493 e. The number of aryl methyl sites for hydroxylation is 1. The summed E-state index contributed by atoms with van der Waals surface area (Å²) in [6.07, 6.45) is 6.46. The van der Waals surface area contributed by atoms with Crippen molar-refractivity contribution in [2.45, 2.75) is 88.8 Å². The maximum Gasteiger partial charge on any atom is 0.251 e. The van der Waals surface area contributed by atoms with Crippen LogP contribution >= 0.6 is 0 Å². The third-order valence-electron chi connectivity index (χ3n) is 8.91. The molecule has 37 heavy (non-hydrogen) atoms. The van der Waals surface area contributed by atoms with Crippen LogP contribution in [0.2, 0.25) is 0 Å². The van der Waals surface area contributed by atoms with E-state index in [1.54, 1.807) is 4.90 Å². The van der Waals surface area contributed by atoms with Crippen molar-refractivity contribution in [1.82, 2.24) is 10.2 Å². The van der Waals surface area contributed by atoms with Crippen LogP contribution in [0.3, 0.4) is 0 Å². The fraction of sp³-hybridized carbons (Fsp3) is 0.500. The van der Waals surface area contributed by atoms with Crippen LogP contribution in [-0.2, 0) is 11.2 Å². The zero-order valence-corrected chi connectivity index (χ0v) is 21.8. The molecule has 7 nitrogen and oxygen atoms in total. The van der Waals surface area contributed by atoms with Gasteiger partial charge in [-0.2, -0.15) is 0 Å². The number of rotatable bonds is 1. The first-order valence-corrected chi connectivity index (χ1v) is 13.8. The van der Waals surface area contributed by atoms with E-state index in [2.05, 4.69) is 37.4 Å². The smallest absolute Gasteiger partial charge is 0.251 e. The summed E-state index contributed by atoms with van der Waals surface area (Å²) in [6, 6.07) is 12.0. The van der Waals surface area contributed by atoms with Crippen molar-refractivity contribution in [3.8, 4) is 5.75 Å². The van der Waals surface area contributed by atoms with Crippen molar-refractivity contribution in [3.05, 3.63) is 64.2 Å². The summed E-state index contributed by atoms with van der Waals surface area (Å²) in [5.74, 6) is 1.28. The number of nitrogens with two attached hydrogens (primary N) is 1. The summed E-state index contributed by atoms with van der Waals surface area (Å²) in [4.78, 5) is 33.7. The van der Waals surface area contributed by atoms with Gasteiger partial charge in [0.15, 0.2) is 5.96 Å². The molecule has 4 aliphatic heterocycles. The van der Waals surface area contributed by atoms with E-state index < -0.39 is 5.54 Å². The highest BCUT2D eigenvalue weighted by Gasteiger charge is 2.42. The molecule has 1 aliphatic carbocycles. The Bertz CT molecular complexity index is 1290. The van der Waals surface area contributed by atoms with E-state index in [-0.39, 0.29) is 29.9 Å². The van der Waals surface area contributed by atoms with Crippen LogP contribution in [0.1, 0.15) is 109 Å². The van der Waals surface area contributed by atoms with Gasteiger partial charge < -0.3 is 15.8 Å². The van der Waals surface area contributed by atoms with Crippen LogP contribution in [0.15, 0.2) is 41.4 Å². The Morgan fingerprint density at radius 3 is 2.81 bits per heavy atom. The van der Waals surface area contributed by atoms with Crippen molar-refractivity contribution < 1.29 is 14.3 Å². The summed E-state index contributed by atoms with van der Waals surface area (Å²) in [6.45, 7) is 4.82. The lowest BCUT2D eigenvalue weighted by atomic mass is 9.84. The predicted octanol–water partition coefficient (Wildman–Crippen LogP) is 4.91. The number of hydrogen-bond acceptors (Lipinski definition) is 5. The summed E-state index contributed by atoms with van der Waals surface area (Å²) < 4.78 is 5.91. The van der Waals surface area contributed by atoms with Crippen LogP contribution in [-0.4, -0.2) is 34.8 Å². The highest BCUT2D eigenvalue weighted by molar-refractivity contribution is 6.00. The van der Waals surface area contributed by atoms with Crippen molar-refractivity contribution in [1.29, 1.82) is 0 Å². The van der Waals surface area contributed by atoms with Gasteiger partial charge in [0.05, 0.1) is 30.7 Å². The molecule has 0 spiro atoms. The Hall–Kier alpha value is -3.35. The van der Waals surface area contributed by atoms with E-state index >= 15 is 0 Å². The monoisotopic (exact) mass is 500 g/mol. The van der Waals surface area contributed by atoms with Gasteiger partial charge in [0.2, 0.25) is 5.91 Å². The molecule has 2 aromatic rings. The molecule has 0 aromatic heterocycles. The Morgan fingerprint density at radius 2 is 2.00 bits per heavy atom. The minimum absolute atomic E-state index is 0.00310. The highest BCUT2D eigenvalue weighted by Crippen LogP contribution is 2.43. The van der Waals surface area contributed by atoms with Crippen LogP contribution in [0.4, 0.5) is 0 Å². The van der Waals surface area contributed by atoms with Crippen molar-refractivity contribution in [3.63, 3.8) is 0 Å². The molecular formula is C30H36N4O3. The van der Waals surface area contributed by atoms with Crippen LogP contribution in [0.5, 0.6) is 5.75 Å². The summed E-state index contributed by atoms with van der Waals surface area (Å²) in [7, 11) is 0. The number of nitrogens with zero attached hydrogens (tertiary/aromatic N) is 2. The zero-order chi connectivity index (χ0) is 25.7. The number of benzene rings is 2. The molecular weight excluding hydrogens is 464 g/mol. The molecule has 2 amide bonds. The second kappa shape index (κ2) is 9.19. The van der Waals surface area contributed by atoms with Gasteiger partial charge in [-0.25, -0.2) is 4.99 Å². The van der Waals surface area contributed by atoms with Crippen molar-refractivity contribution >= 4 is 17.8 Å². The quantitative estimate of drug-likeness (QED) is 0.581. The van der Waals surface area contributed by atoms with Gasteiger partial charge >= 0.3 is 0 Å². The van der Waals surface area contributed by atoms with Gasteiger partial charge in [-0.3, -0.25) is 14.5 Å². The van der Waals surface area contributed by atoms with Crippen LogP contribution in [0, 0.1) is 0 Å². The number of fused-ring (bicyclic) bond motifs is 5. The Kier molecular flexibility index (Phi) is 5.97. The van der Waals surface area contributed by atoms with Crippen molar-refractivity contribution in [2.75, 3.05) is 6.61 Å². The highest BCUT2D eigenvalue weighted by atomic mass is 16.5. The topological polar surface area (TPSA) is 97.0 Å². The van der Waals surface area contributed by atoms with E-state index in [0.29, 0.717) is 36.7 Å². The number of carbonyl (C=O) groups excluding carboxylic acids is 2. The average Bonchev–Trinajstić information content (AvgIpc) is 3.19. The van der Waals surface area contributed by atoms with E-state index in [9.17, 15) is 9.59 Å². The lowest BCUT2D eigenvalue weighted by Gasteiger charge is -2.42. The van der Waals surface area contributed by atoms with Gasteiger partial charge in [-0.1, -0.05) is 38.5 Å². The molecule has 0 saturated heterocycles. The molecule has 3 N–H and O–H groups in total. The van der Waals surface area contributed by atoms with Gasteiger partial charge in [0, 0.05) is 17.5 Å². The van der Waals surface area contributed by atoms with Crippen LogP contribution in [0.25, 0.3) is 0 Å². The number of aliphatic imine (C=N–C) groups is 1. The first kappa shape index (κ1) is 24.0. The molecule has 6 bridgehead atoms. The lowest BCUT2D eigenvalue weighted by Crippen LogP contribution is -2.53. The number of amides is 2. The molecule has 0 radical (unpaired) electrons. The molecule has 7 rings (SSSR count). The largest absolute Gasteiger partial charge is 0.493 e. The number of nitrogens with one attached hydrogen (secondary N) is 1. The average molecular weight is 501 g/mol. The molecule has 0 fully saturated rings. The predicted molar refractivity (Wildman–Crippen MR) is 143 cm³/mol. The van der Waals surface area contributed by atoms with E-state index in [1.165, 1.54) is 16.7 Å². The molecule has 194 valence electrons. The molecule has 0 saturated carbocycles. The third-order valence-corrected chi connectivity index (χ3v) is 8.91.